The van der Waals surface area contributed by atoms with E-state index in [0.717, 1.165) is 0 Å². The highest BCUT2D eigenvalue weighted by Gasteiger charge is 2.23. The van der Waals surface area contributed by atoms with Gasteiger partial charge in [-0.25, -0.2) is 0 Å². The normalized spacial score (nSPS) is 10.6. The van der Waals surface area contributed by atoms with E-state index in [1.165, 1.54) is 12.1 Å². The van der Waals surface area contributed by atoms with Gasteiger partial charge in [-0.1, -0.05) is 25.4 Å². The second-order valence-electron chi connectivity index (χ2n) is 5.10. The number of rotatable bonds is 6. The first-order chi connectivity index (χ1) is 9.81. The van der Waals surface area contributed by atoms with Gasteiger partial charge in [0.1, 0.15) is 5.69 Å². The molecule has 0 unspecified atom stereocenters. The van der Waals surface area contributed by atoms with Gasteiger partial charge >= 0.3 is 0 Å². The number of nitro groups is 1. The van der Waals surface area contributed by atoms with Gasteiger partial charge in [-0.3, -0.25) is 14.9 Å². The zero-order valence-corrected chi connectivity index (χ0v) is 13.4. The van der Waals surface area contributed by atoms with Crippen LogP contribution in [-0.4, -0.2) is 35.9 Å². The molecule has 1 aromatic carbocycles. The van der Waals surface area contributed by atoms with Crippen molar-refractivity contribution in [2.45, 2.75) is 20.8 Å². The van der Waals surface area contributed by atoms with Crippen LogP contribution in [0.4, 0.5) is 11.4 Å². The molecule has 7 heteroatoms. The lowest BCUT2D eigenvalue weighted by molar-refractivity contribution is -0.384. The number of nitrogens with zero attached hydrogens (tertiary/aromatic N) is 2. The minimum atomic E-state index is -0.548. The predicted molar refractivity (Wildman–Crippen MR) is 84.1 cm³/mol. The number of nitro benzene ring substituents is 1. The molecule has 116 valence electrons. The van der Waals surface area contributed by atoms with E-state index in [9.17, 15) is 14.9 Å². The summed E-state index contributed by atoms with van der Waals surface area (Å²) >= 11 is 6.04. The molecule has 1 amide bonds. The molecule has 1 N–H and O–H groups in total. The molecule has 1 aromatic rings. The fraction of sp³-hybridized carbons (Fsp3) is 0.500. The number of carbonyl (C=O) groups is 1. The Labute approximate surface area is 129 Å². The smallest absolute Gasteiger partial charge is 0.294 e. The van der Waals surface area contributed by atoms with Gasteiger partial charge in [-0.15, -0.1) is 0 Å². The molecule has 0 heterocycles. The molecule has 0 fully saturated rings. The lowest BCUT2D eigenvalue weighted by Gasteiger charge is -2.23. The Balaban J connectivity index is 3.24. The SMILES string of the molecule is CCN(CC(C)C)C(=O)c1cc(Cl)c(NC)c([N+](=O)[O-])c1. The summed E-state index contributed by atoms with van der Waals surface area (Å²) in [7, 11) is 1.55. The molecule has 0 saturated carbocycles. The summed E-state index contributed by atoms with van der Waals surface area (Å²) in [4.78, 5) is 24.7. The van der Waals surface area contributed by atoms with E-state index in [1.807, 2.05) is 20.8 Å². The van der Waals surface area contributed by atoms with Gasteiger partial charge in [0.2, 0.25) is 0 Å². The van der Waals surface area contributed by atoms with Crippen LogP contribution in [0, 0.1) is 16.0 Å². The van der Waals surface area contributed by atoms with Crippen LogP contribution in [0.15, 0.2) is 12.1 Å². The lowest BCUT2D eigenvalue weighted by atomic mass is 10.1. The highest BCUT2D eigenvalue weighted by atomic mass is 35.5. The maximum absolute atomic E-state index is 12.5. The molecular weight excluding hydrogens is 294 g/mol. The molecule has 0 spiro atoms. The Morgan fingerprint density at radius 2 is 2.10 bits per heavy atom. The monoisotopic (exact) mass is 313 g/mol. The first kappa shape index (κ1) is 17.2. The number of nitrogens with one attached hydrogen (secondary N) is 1. The van der Waals surface area contributed by atoms with Crippen LogP contribution in [-0.2, 0) is 0 Å². The van der Waals surface area contributed by atoms with E-state index in [4.69, 9.17) is 11.6 Å². The molecule has 0 aliphatic heterocycles. The fourth-order valence-corrected chi connectivity index (χ4v) is 2.39. The van der Waals surface area contributed by atoms with Crippen molar-refractivity contribution in [3.63, 3.8) is 0 Å². The minimum Gasteiger partial charge on any atom is -0.381 e. The van der Waals surface area contributed by atoms with Gasteiger partial charge in [0.25, 0.3) is 11.6 Å². The van der Waals surface area contributed by atoms with E-state index in [0.29, 0.717) is 19.0 Å². The van der Waals surface area contributed by atoms with E-state index in [2.05, 4.69) is 5.32 Å². The lowest BCUT2D eigenvalue weighted by Crippen LogP contribution is -2.34. The van der Waals surface area contributed by atoms with Gasteiger partial charge < -0.3 is 10.2 Å². The van der Waals surface area contributed by atoms with Crippen LogP contribution in [0.25, 0.3) is 0 Å². The molecule has 0 saturated heterocycles. The third-order valence-corrected chi connectivity index (χ3v) is 3.32. The summed E-state index contributed by atoms with van der Waals surface area (Å²) in [5.41, 5.74) is 0.243. The summed E-state index contributed by atoms with van der Waals surface area (Å²) in [6, 6.07) is 2.73. The average Bonchev–Trinajstić information content (AvgIpc) is 2.42. The molecule has 0 aliphatic carbocycles. The van der Waals surface area contributed by atoms with Gasteiger partial charge in [0.05, 0.1) is 9.95 Å². The predicted octanol–water partition coefficient (Wildman–Crippen LogP) is 3.41. The quantitative estimate of drug-likeness (QED) is 0.645. The third kappa shape index (κ3) is 4.07. The van der Waals surface area contributed by atoms with Crippen LogP contribution in [0.5, 0.6) is 0 Å². The molecular formula is C14H20ClN3O3. The molecule has 21 heavy (non-hydrogen) atoms. The van der Waals surface area contributed by atoms with Crippen molar-refractivity contribution in [3.8, 4) is 0 Å². The molecule has 0 bridgehead atoms. The van der Waals surface area contributed by atoms with Crippen LogP contribution in [0.3, 0.4) is 0 Å². The van der Waals surface area contributed by atoms with Crippen molar-refractivity contribution >= 4 is 28.9 Å². The number of anilines is 1. The maximum Gasteiger partial charge on any atom is 0.294 e. The number of hydrogen-bond acceptors (Lipinski definition) is 4. The van der Waals surface area contributed by atoms with Crippen molar-refractivity contribution in [1.82, 2.24) is 4.90 Å². The summed E-state index contributed by atoms with van der Waals surface area (Å²) in [5, 5.41) is 14.0. The molecule has 0 atom stereocenters. The Hall–Kier alpha value is -1.82. The number of hydrogen-bond donors (Lipinski definition) is 1. The fourth-order valence-electron chi connectivity index (χ4n) is 2.09. The van der Waals surface area contributed by atoms with Crippen LogP contribution in [0.1, 0.15) is 31.1 Å². The highest BCUT2D eigenvalue weighted by molar-refractivity contribution is 6.34. The standard InChI is InChI=1S/C14H20ClN3O3/c1-5-17(8-9(2)3)14(19)10-6-11(15)13(16-4)12(7-10)18(20)21/h6-7,9,16H,5,8H2,1-4H3. The largest absolute Gasteiger partial charge is 0.381 e. The number of amides is 1. The van der Waals surface area contributed by atoms with Gasteiger partial charge in [0, 0.05) is 31.8 Å². The highest BCUT2D eigenvalue weighted by Crippen LogP contribution is 2.33. The zero-order chi connectivity index (χ0) is 16.2. The number of benzene rings is 1. The molecule has 6 nitrogen and oxygen atoms in total. The van der Waals surface area contributed by atoms with Crippen molar-refractivity contribution in [2.24, 2.45) is 5.92 Å². The second kappa shape index (κ2) is 7.26. The third-order valence-electron chi connectivity index (χ3n) is 3.02. The van der Waals surface area contributed by atoms with Crippen LogP contribution in [0.2, 0.25) is 5.02 Å². The van der Waals surface area contributed by atoms with Crippen molar-refractivity contribution in [2.75, 3.05) is 25.5 Å². The Morgan fingerprint density at radius 1 is 1.48 bits per heavy atom. The molecule has 1 rings (SSSR count). The Morgan fingerprint density at radius 3 is 2.52 bits per heavy atom. The number of carbonyl (C=O) groups excluding carboxylic acids is 1. The van der Waals surface area contributed by atoms with Crippen LogP contribution < -0.4 is 5.32 Å². The van der Waals surface area contributed by atoms with Gasteiger partial charge in [-0.05, 0) is 18.9 Å². The first-order valence-corrected chi connectivity index (χ1v) is 7.14. The van der Waals surface area contributed by atoms with Gasteiger partial charge in [-0.2, -0.15) is 0 Å². The van der Waals surface area contributed by atoms with E-state index >= 15 is 0 Å². The van der Waals surface area contributed by atoms with Crippen molar-refractivity contribution in [3.05, 3.63) is 32.8 Å². The molecule has 0 aliphatic rings. The van der Waals surface area contributed by atoms with E-state index < -0.39 is 4.92 Å². The average molecular weight is 314 g/mol. The Kier molecular flexibility index (Phi) is 5.96. The zero-order valence-electron chi connectivity index (χ0n) is 12.6. The maximum atomic E-state index is 12.5. The van der Waals surface area contributed by atoms with Crippen LogP contribution >= 0.6 is 11.6 Å². The summed E-state index contributed by atoms with van der Waals surface area (Å²) in [6.45, 7) is 7.02. The summed E-state index contributed by atoms with van der Waals surface area (Å²) in [6.07, 6.45) is 0. The minimum absolute atomic E-state index is 0.163. The second-order valence-corrected chi connectivity index (χ2v) is 5.50. The Bertz CT molecular complexity index is 547. The summed E-state index contributed by atoms with van der Waals surface area (Å²) < 4.78 is 0. The van der Waals surface area contributed by atoms with E-state index in [-0.39, 0.29) is 27.9 Å². The van der Waals surface area contributed by atoms with Crippen molar-refractivity contribution < 1.29 is 9.72 Å². The number of halogens is 1. The van der Waals surface area contributed by atoms with E-state index in [1.54, 1.807) is 11.9 Å². The summed E-state index contributed by atoms with van der Waals surface area (Å²) in [5.74, 6) is 0.0646. The van der Waals surface area contributed by atoms with Gasteiger partial charge in [0.15, 0.2) is 0 Å². The first-order valence-electron chi connectivity index (χ1n) is 6.76. The molecule has 0 aromatic heterocycles. The van der Waals surface area contributed by atoms with Crippen molar-refractivity contribution in [1.29, 1.82) is 0 Å². The molecule has 0 radical (unpaired) electrons. The topological polar surface area (TPSA) is 75.5 Å².